The fourth-order valence-corrected chi connectivity index (χ4v) is 3.76. The van der Waals surface area contributed by atoms with E-state index in [1.807, 2.05) is 27.8 Å². The van der Waals surface area contributed by atoms with Crippen molar-refractivity contribution in [1.82, 2.24) is 10.2 Å². The number of amides is 1. The van der Waals surface area contributed by atoms with E-state index in [9.17, 15) is 4.79 Å². The van der Waals surface area contributed by atoms with Crippen LogP contribution in [0.5, 0.6) is 0 Å². The summed E-state index contributed by atoms with van der Waals surface area (Å²) in [4.78, 5) is 17.0. The molecule has 0 saturated carbocycles. The molecule has 1 amide bonds. The number of ether oxygens (including phenoxy) is 1. The molecule has 2 aromatic rings. The second-order valence-corrected chi connectivity index (χ2v) is 6.98. The van der Waals surface area contributed by atoms with Crippen molar-refractivity contribution in [3.8, 4) is 0 Å². The molecule has 6 heteroatoms. The minimum absolute atomic E-state index is 0.0731. The molecule has 1 N–H and O–H groups in total. The Balaban J connectivity index is 1.72. The smallest absolute Gasteiger partial charge is 0.253 e. The highest BCUT2D eigenvalue weighted by atomic mass is 32.1. The van der Waals surface area contributed by atoms with Crippen LogP contribution in [0.4, 0.5) is 0 Å². The lowest BCUT2D eigenvalue weighted by molar-refractivity contribution is -0.146. The number of nitrogens with zero attached hydrogens (tertiary/aromatic N) is 1. The highest BCUT2D eigenvalue weighted by molar-refractivity contribution is 7.10. The highest BCUT2D eigenvalue weighted by Gasteiger charge is 2.27. The lowest BCUT2D eigenvalue weighted by Crippen LogP contribution is -2.48. The Bertz CT molecular complexity index is 512. The molecule has 1 atom stereocenters. The number of nitrogens with one attached hydrogen (secondary N) is 1. The fourth-order valence-electron chi connectivity index (χ4n) is 2.32. The van der Waals surface area contributed by atoms with Gasteiger partial charge in [0, 0.05) is 22.8 Å². The lowest BCUT2D eigenvalue weighted by Gasteiger charge is -2.29. The van der Waals surface area contributed by atoms with Crippen molar-refractivity contribution in [3.63, 3.8) is 0 Å². The van der Waals surface area contributed by atoms with Crippen molar-refractivity contribution < 1.29 is 9.53 Å². The van der Waals surface area contributed by atoms with Crippen molar-refractivity contribution in [2.24, 2.45) is 0 Å². The molecule has 0 bridgehead atoms. The number of rotatable bonds is 5. The minimum atomic E-state index is -0.362. The summed E-state index contributed by atoms with van der Waals surface area (Å²) in [6.07, 6.45) is -0.362. The standard InChI is InChI=1S/C15H18N2O2S2/c18-15(14-9-16-5-6-19-14)17(10-12-3-1-7-20-12)11-13-4-2-8-21-13/h1-4,7-8,14,16H,5-6,9-11H2. The summed E-state index contributed by atoms with van der Waals surface area (Å²) >= 11 is 3.36. The van der Waals surface area contributed by atoms with Gasteiger partial charge < -0.3 is 15.0 Å². The average molecular weight is 322 g/mol. The molecule has 1 fully saturated rings. The number of hydrogen-bond acceptors (Lipinski definition) is 5. The molecule has 0 aliphatic carbocycles. The Morgan fingerprint density at radius 3 is 2.38 bits per heavy atom. The van der Waals surface area contributed by atoms with Crippen LogP contribution in [0.2, 0.25) is 0 Å². The Labute approximate surface area is 132 Å². The first kappa shape index (κ1) is 14.7. The van der Waals surface area contributed by atoms with Gasteiger partial charge in [0.15, 0.2) is 0 Å². The molecule has 112 valence electrons. The zero-order valence-electron chi connectivity index (χ0n) is 11.7. The van der Waals surface area contributed by atoms with Crippen molar-refractivity contribution in [3.05, 3.63) is 44.8 Å². The van der Waals surface area contributed by atoms with Crippen LogP contribution in [-0.4, -0.2) is 36.6 Å². The third-order valence-electron chi connectivity index (χ3n) is 3.37. The maximum atomic E-state index is 12.7. The third-order valence-corrected chi connectivity index (χ3v) is 5.09. The van der Waals surface area contributed by atoms with Gasteiger partial charge in [-0.1, -0.05) is 12.1 Å². The van der Waals surface area contributed by atoms with E-state index < -0.39 is 0 Å². The summed E-state index contributed by atoms with van der Waals surface area (Å²) in [6, 6.07) is 8.18. The maximum Gasteiger partial charge on any atom is 0.253 e. The van der Waals surface area contributed by atoms with Crippen LogP contribution in [0.15, 0.2) is 35.0 Å². The topological polar surface area (TPSA) is 41.6 Å². The van der Waals surface area contributed by atoms with Gasteiger partial charge >= 0.3 is 0 Å². The van der Waals surface area contributed by atoms with Gasteiger partial charge in [0.25, 0.3) is 5.91 Å². The van der Waals surface area contributed by atoms with Gasteiger partial charge in [0.2, 0.25) is 0 Å². The lowest BCUT2D eigenvalue weighted by atomic mass is 10.2. The molecular formula is C15H18N2O2S2. The Morgan fingerprint density at radius 1 is 1.24 bits per heavy atom. The molecule has 2 aromatic heterocycles. The molecule has 0 radical (unpaired) electrons. The summed E-state index contributed by atoms with van der Waals surface area (Å²) in [5, 5.41) is 7.31. The van der Waals surface area contributed by atoms with Crippen LogP contribution >= 0.6 is 22.7 Å². The van der Waals surface area contributed by atoms with Crippen LogP contribution in [0.1, 0.15) is 9.75 Å². The number of thiophene rings is 2. The van der Waals surface area contributed by atoms with Crippen molar-refractivity contribution in [2.75, 3.05) is 19.7 Å². The zero-order valence-corrected chi connectivity index (χ0v) is 13.3. The zero-order chi connectivity index (χ0) is 14.5. The number of carbonyl (C=O) groups is 1. The predicted octanol–water partition coefficient (Wildman–Crippen LogP) is 2.33. The van der Waals surface area contributed by atoms with Gasteiger partial charge in [0.05, 0.1) is 19.7 Å². The molecule has 3 heterocycles. The molecular weight excluding hydrogens is 304 g/mol. The molecule has 1 aliphatic heterocycles. The number of carbonyl (C=O) groups excluding carboxylic acids is 1. The average Bonchev–Trinajstić information content (AvgIpc) is 3.20. The van der Waals surface area contributed by atoms with Crippen molar-refractivity contribution in [1.29, 1.82) is 0 Å². The van der Waals surface area contributed by atoms with E-state index in [2.05, 4.69) is 17.4 Å². The summed E-state index contributed by atoms with van der Waals surface area (Å²) in [5.41, 5.74) is 0. The first-order valence-electron chi connectivity index (χ1n) is 6.99. The molecule has 4 nitrogen and oxygen atoms in total. The van der Waals surface area contributed by atoms with E-state index in [0.717, 1.165) is 6.54 Å². The molecule has 1 unspecified atom stereocenters. The monoisotopic (exact) mass is 322 g/mol. The van der Waals surface area contributed by atoms with Gasteiger partial charge in [-0.25, -0.2) is 0 Å². The number of morpholine rings is 1. The van der Waals surface area contributed by atoms with Crippen LogP contribution in [0, 0.1) is 0 Å². The Morgan fingerprint density at radius 2 is 1.90 bits per heavy atom. The van der Waals surface area contributed by atoms with Crippen LogP contribution in [0.25, 0.3) is 0 Å². The largest absolute Gasteiger partial charge is 0.366 e. The predicted molar refractivity (Wildman–Crippen MR) is 85.5 cm³/mol. The van der Waals surface area contributed by atoms with Gasteiger partial charge in [-0.2, -0.15) is 0 Å². The summed E-state index contributed by atoms with van der Waals surface area (Å²) in [6.45, 7) is 3.31. The molecule has 0 aromatic carbocycles. The van der Waals surface area contributed by atoms with E-state index in [-0.39, 0.29) is 12.0 Å². The SMILES string of the molecule is O=C(C1CNCCO1)N(Cc1cccs1)Cc1cccs1. The van der Waals surface area contributed by atoms with E-state index >= 15 is 0 Å². The van der Waals surface area contributed by atoms with E-state index in [0.29, 0.717) is 26.2 Å². The van der Waals surface area contributed by atoms with E-state index in [1.54, 1.807) is 22.7 Å². The maximum absolute atomic E-state index is 12.7. The third kappa shape index (κ3) is 3.91. The van der Waals surface area contributed by atoms with Crippen LogP contribution < -0.4 is 5.32 Å². The second kappa shape index (κ2) is 7.17. The fraction of sp³-hybridized carbons (Fsp3) is 0.400. The quantitative estimate of drug-likeness (QED) is 0.918. The molecule has 0 spiro atoms. The van der Waals surface area contributed by atoms with Crippen LogP contribution in [0.3, 0.4) is 0 Å². The van der Waals surface area contributed by atoms with Gasteiger partial charge in [-0.3, -0.25) is 4.79 Å². The summed E-state index contributed by atoms with van der Waals surface area (Å²) in [5.74, 6) is 0.0731. The molecule has 3 rings (SSSR count). The Kier molecular flexibility index (Phi) is 5.03. The van der Waals surface area contributed by atoms with Crippen molar-refractivity contribution >= 4 is 28.6 Å². The highest BCUT2D eigenvalue weighted by Crippen LogP contribution is 2.18. The summed E-state index contributed by atoms with van der Waals surface area (Å²) < 4.78 is 5.61. The van der Waals surface area contributed by atoms with Gasteiger partial charge in [-0.05, 0) is 22.9 Å². The van der Waals surface area contributed by atoms with Gasteiger partial charge in [0.1, 0.15) is 6.10 Å². The normalized spacial score (nSPS) is 18.6. The summed E-state index contributed by atoms with van der Waals surface area (Å²) in [7, 11) is 0. The number of hydrogen-bond donors (Lipinski definition) is 1. The van der Waals surface area contributed by atoms with Gasteiger partial charge in [-0.15, -0.1) is 22.7 Å². The Hall–Kier alpha value is -1.21. The molecule has 1 saturated heterocycles. The van der Waals surface area contributed by atoms with E-state index in [1.165, 1.54) is 9.75 Å². The van der Waals surface area contributed by atoms with E-state index in [4.69, 9.17) is 4.74 Å². The minimum Gasteiger partial charge on any atom is -0.366 e. The first-order chi connectivity index (χ1) is 10.3. The molecule has 1 aliphatic rings. The second-order valence-electron chi connectivity index (χ2n) is 4.92. The molecule has 21 heavy (non-hydrogen) atoms. The first-order valence-corrected chi connectivity index (χ1v) is 8.75. The van der Waals surface area contributed by atoms with Crippen LogP contribution in [-0.2, 0) is 22.6 Å². The van der Waals surface area contributed by atoms with Crippen molar-refractivity contribution in [2.45, 2.75) is 19.2 Å².